The molecule has 3 atom stereocenters. The molecule has 1 heterocycles. The first-order chi connectivity index (χ1) is 14.3. The highest BCUT2D eigenvalue weighted by atomic mass is 16.6. The summed E-state index contributed by atoms with van der Waals surface area (Å²) >= 11 is 0. The van der Waals surface area contributed by atoms with E-state index in [1.54, 1.807) is 7.11 Å². The van der Waals surface area contributed by atoms with Gasteiger partial charge in [-0.1, -0.05) is 77.6 Å². The number of hydrogen-bond acceptors (Lipinski definition) is 5. The second-order valence-corrected chi connectivity index (χ2v) is 8.40. The number of rotatable bonds is 20. The number of aliphatic hydroxyl groups is 1. The van der Waals surface area contributed by atoms with Gasteiger partial charge in [0.1, 0.15) is 6.10 Å². The van der Waals surface area contributed by atoms with Gasteiger partial charge in [0.25, 0.3) is 0 Å². The Hall–Kier alpha value is -0.200. The Morgan fingerprint density at radius 1 is 0.793 bits per heavy atom. The van der Waals surface area contributed by atoms with Crippen molar-refractivity contribution in [2.45, 2.75) is 115 Å². The van der Waals surface area contributed by atoms with Gasteiger partial charge in [0.05, 0.1) is 38.6 Å². The minimum Gasteiger partial charge on any atom is -0.394 e. The summed E-state index contributed by atoms with van der Waals surface area (Å²) in [5, 5.41) is 9.04. The molecular formula is C24H48O5. The highest BCUT2D eigenvalue weighted by molar-refractivity contribution is 4.74. The van der Waals surface area contributed by atoms with Crippen molar-refractivity contribution in [3.05, 3.63) is 0 Å². The fourth-order valence-electron chi connectivity index (χ4n) is 3.94. The van der Waals surface area contributed by atoms with E-state index >= 15 is 0 Å². The maximum absolute atomic E-state index is 9.04. The molecule has 29 heavy (non-hydrogen) atoms. The van der Waals surface area contributed by atoms with Crippen molar-refractivity contribution in [2.75, 3.05) is 40.1 Å². The summed E-state index contributed by atoms with van der Waals surface area (Å²) in [5.74, 6) is 0. The summed E-state index contributed by atoms with van der Waals surface area (Å²) < 4.78 is 22.7. The number of hydrogen-bond donors (Lipinski definition) is 1. The lowest BCUT2D eigenvalue weighted by molar-refractivity contribution is -0.145. The molecule has 0 aliphatic carbocycles. The molecule has 1 N–H and O–H groups in total. The summed E-state index contributed by atoms with van der Waals surface area (Å²) in [6.07, 6.45) is 18.2. The van der Waals surface area contributed by atoms with Crippen LogP contribution < -0.4 is 0 Å². The van der Waals surface area contributed by atoms with Gasteiger partial charge in [-0.3, -0.25) is 0 Å². The zero-order valence-corrected chi connectivity index (χ0v) is 19.2. The van der Waals surface area contributed by atoms with Crippen LogP contribution in [0, 0.1) is 0 Å². The Balaban J connectivity index is 1.99. The Labute approximate surface area is 179 Å². The highest BCUT2D eigenvalue weighted by Crippen LogP contribution is 2.22. The monoisotopic (exact) mass is 416 g/mol. The third-order valence-electron chi connectivity index (χ3n) is 5.87. The lowest BCUT2D eigenvalue weighted by Crippen LogP contribution is -2.38. The van der Waals surface area contributed by atoms with E-state index in [1.807, 2.05) is 0 Å². The van der Waals surface area contributed by atoms with Crippen LogP contribution in [0.15, 0.2) is 0 Å². The number of ether oxygens (including phenoxy) is 4. The number of methoxy groups -OCH3 is 1. The SMILES string of the molecule is CCCCCCCCCCC1OCCOC1CCCCCCOCC(CO)OC. The summed E-state index contributed by atoms with van der Waals surface area (Å²) in [6.45, 7) is 5.00. The first-order valence-corrected chi connectivity index (χ1v) is 12.3. The maximum Gasteiger partial charge on any atom is 0.103 e. The van der Waals surface area contributed by atoms with Crippen molar-refractivity contribution in [3.63, 3.8) is 0 Å². The molecule has 5 heteroatoms. The average molecular weight is 417 g/mol. The third kappa shape index (κ3) is 14.4. The van der Waals surface area contributed by atoms with Crippen molar-refractivity contribution in [2.24, 2.45) is 0 Å². The molecule has 0 bridgehead atoms. The summed E-state index contributed by atoms with van der Waals surface area (Å²) in [7, 11) is 1.60. The fraction of sp³-hybridized carbons (Fsp3) is 1.00. The van der Waals surface area contributed by atoms with Gasteiger partial charge in [0, 0.05) is 13.7 Å². The smallest absolute Gasteiger partial charge is 0.103 e. The minimum absolute atomic E-state index is 0.0140. The van der Waals surface area contributed by atoms with Crippen molar-refractivity contribution < 1.29 is 24.1 Å². The van der Waals surface area contributed by atoms with E-state index in [2.05, 4.69) is 6.92 Å². The van der Waals surface area contributed by atoms with Gasteiger partial charge in [-0.25, -0.2) is 0 Å². The molecule has 0 aromatic rings. The summed E-state index contributed by atoms with van der Waals surface area (Å²) in [4.78, 5) is 0. The van der Waals surface area contributed by atoms with E-state index in [-0.39, 0.29) is 18.8 Å². The molecule has 0 saturated carbocycles. The summed E-state index contributed by atoms with van der Waals surface area (Å²) in [5.41, 5.74) is 0. The van der Waals surface area contributed by atoms with Crippen LogP contribution in [0.3, 0.4) is 0 Å². The summed E-state index contributed by atoms with van der Waals surface area (Å²) in [6, 6.07) is 0. The van der Waals surface area contributed by atoms with Crippen LogP contribution in [0.2, 0.25) is 0 Å². The van der Waals surface area contributed by atoms with Gasteiger partial charge in [0.15, 0.2) is 0 Å². The van der Waals surface area contributed by atoms with Gasteiger partial charge in [-0.05, 0) is 19.3 Å². The topological polar surface area (TPSA) is 57.2 Å². The molecule has 0 radical (unpaired) electrons. The number of aliphatic hydroxyl groups excluding tert-OH is 1. The quantitative estimate of drug-likeness (QED) is 0.274. The van der Waals surface area contributed by atoms with Crippen LogP contribution in [0.4, 0.5) is 0 Å². The standard InChI is InChI=1S/C24H48O5/c1-3-4-5-6-7-8-9-12-15-23-24(29-19-18-28-23)16-13-10-11-14-17-27-21-22(20-25)26-2/h22-25H,3-21H2,1-2H3. The fourth-order valence-corrected chi connectivity index (χ4v) is 3.94. The lowest BCUT2D eigenvalue weighted by atomic mass is 9.99. The Kier molecular flexibility index (Phi) is 18.3. The van der Waals surface area contributed by atoms with Crippen molar-refractivity contribution in [1.82, 2.24) is 0 Å². The van der Waals surface area contributed by atoms with Gasteiger partial charge in [-0.2, -0.15) is 0 Å². The van der Waals surface area contributed by atoms with E-state index in [4.69, 9.17) is 24.1 Å². The average Bonchev–Trinajstić information content (AvgIpc) is 2.75. The normalized spacial score (nSPS) is 20.8. The molecule has 1 saturated heterocycles. The minimum atomic E-state index is -0.198. The second-order valence-electron chi connectivity index (χ2n) is 8.40. The van der Waals surface area contributed by atoms with Crippen LogP contribution in [0.25, 0.3) is 0 Å². The molecule has 5 nitrogen and oxygen atoms in total. The van der Waals surface area contributed by atoms with E-state index in [1.165, 1.54) is 70.6 Å². The molecule has 174 valence electrons. The molecular weight excluding hydrogens is 368 g/mol. The molecule has 1 aliphatic rings. The second kappa shape index (κ2) is 19.7. The molecule has 0 aromatic heterocycles. The van der Waals surface area contributed by atoms with Crippen LogP contribution in [-0.4, -0.2) is 63.6 Å². The number of unbranched alkanes of at least 4 members (excludes halogenated alkanes) is 10. The van der Waals surface area contributed by atoms with E-state index < -0.39 is 0 Å². The van der Waals surface area contributed by atoms with Crippen LogP contribution >= 0.6 is 0 Å². The third-order valence-corrected chi connectivity index (χ3v) is 5.87. The first-order valence-electron chi connectivity index (χ1n) is 12.3. The lowest BCUT2D eigenvalue weighted by Gasteiger charge is -2.32. The van der Waals surface area contributed by atoms with E-state index in [9.17, 15) is 0 Å². The van der Waals surface area contributed by atoms with Gasteiger partial charge >= 0.3 is 0 Å². The molecule has 0 aromatic carbocycles. The zero-order valence-electron chi connectivity index (χ0n) is 19.2. The molecule has 1 rings (SSSR count). The Bertz CT molecular complexity index is 335. The molecule has 1 fully saturated rings. The predicted octanol–water partition coefficient (Wildman–Crippen LogP) is 5.28. The van der Waals surface area contributed by atoms with Crippen LogP contribution in [-0.2, 0) is 18.9 Å². The predicted molar refractivity (Wildman–Crippen MR) is 118 cm³/mol. The van der Waals surface area contributed by atoms with Gasteiger partial charge in [-0.15, -0.1) is 0 Å². The van der Waals surface area contributed by atoms with Gasteiger partial charge in [0.2, 0.25) is 0 Å². The molecule has 1 aliphatic heterocycles. The van der Waals surface area contributed by atoms with Gasteiger partial charge < -0.3 is 24.1 Å². The first kappa shape index (κ1) is 26.8. The zero-order chi connectivity index (χ0) is 21.0. The van der Waals surface area contributed by atoms with Crippen molar-refractivity contribution in [3.8, 4) is 0 Å². The molecule has 3 unspecified atom stereocenters. The van der Waals surface area contributed by atoms with E-state index in [0.717, 1.165) is 39.1 Å². The largest absolute Gasteiger partial charge is 0.394 e. The molecule has 0 amide bonds. The van der Waals surface area contributed by atoms with Crippen molar-refractivity contribution in [1.29, 1.82) is 0 Å². The van der Waals surface area contributed by atoms with Crippen LogP contribution in [0.1, 0.15) is 96.8 Å². The van der Waals surface area contributed by atoms with Crippen molar-refractivity contribution >= 4 is 0 Å². The Morgan fingerprint density at radius 3 is 1.83 bits per heavy atom. The highest BCUT2D eigenvalue weighted by Gasteiger charge is 2.25. The Morgan fingerprint density at radius 2 is 1.31 bits per heavy atom. The maximum atomic E-state index is 9.04. The van der Waals surface area contributed by atoms with Crippen LogP contribution in [0.5, 0.6) is 0 Å². The molecule has 0 spiro atoms. The van der Waals surface area contributed by atoms with E-state index in [0.29, 0.717) is 12.7 Å².